The number of hydrogen-bond acceptors (Lipinski definition) is 6. The van der Waals surface area contributed by atoms with Gasteiger partial charge in [-0.3, -0.25) is 9.59 Å². The monoisotopic (exact) mass is 444 g/mol. The maximum Gasteiger partial charge on any atom is 0.287 e. The second-order valence-electron chi connectivity index (χ2n) is 7.69. The first-order chi connectivity index (χ1) is 15.0. The molecule has 1 aliphatic heterocycles. The van der Waals surface area contributed by atoms with E-state index < -0.39 is 6.04 Å². The van der Waals surface area contributed by atoms with Gasteiger partial charge in [-0.2, -0.15) is 11.8 Å². The maximum absolute atomic E-state index is 12.9. The van der Waals surface area contributed by atoms with Crippen molar-refractivity contribution in [1.82, 2.24) is 10.2 Å². The third-order valence-electron chi connectivity index (χ3n) is 5.63. The fraction of sp³-hybridized carbons (Fsp3) is 0.478. The molecule has 0 saturated carbocycles. The van der Waals surface area contributed by atoms with Crippen molar-refractivity contribution < 1.29 is 14.0 Å². The first-order valence-electron chi connectivity index (χ1n) is 10.7. The number of piperazine rings is 1. The SMILES string of the molecule is CCN1CCN(c2ccc(NC(=O)C(CCSC)NC(=O)c3ccco3)c(C)c2)CC1. The summed E-state index contributed by atoms with van der Waals surface area (Å²) in [5.41, 5.74) is 2.95. The van der Waals surface area contributed by atoms with Gasteiger partial charge in [0.1, 0.15) is 6.04 Å². The normalized spacial score (nSPS) is 15.5. The lowest BCUT2D eigenvalue weighted by Gasteiger charge is -2.35. The summed E-state index contributed by atoms with van der Waals surface area (Å²) in [5, 5.41) is 5.79. The summed E-state index contributed by atoms with van der Waals surface area (Å²) < 4.78 is 5.15. The quantitative estimate of drug-likeness (QED) is 0.618. The molecule has 0 bridgehead atoms. The van der Waals surface area contributed by atoms with Crippen LogP contribution in [-0.4, -0.2) is 67.5 Å². The van der Waals surface area contributed by atoms with Crippen molar-refractivity contribution in [2.24, 2.45) is 0 Å². The molecule has 1 aromatic carbocycles. The molecule has 31 heavy (non-hydrogen) atoms. The minimum absolute atomic E-state index is 0.200. The highest BCUT2D eigenvalue weighted by molar-refractivity contribution is 7.98. The molecule has 0 aliphatic carbocycles. The molecule has 1 aliphatic rings. The highest BCUT2D eigenvalue weighted by atomic mass is 32.2. The molecule has 1 fully saturated rings. The van der Waals surface area contributed by atoms with E-state index in [2.05, 4.69) is 39.5 Å². The van der Waals surface area contributed by atoms with Gasteiger partial charge in [-0.15, -0.1) is 0 Å². The highest BCUT2D eigenvalue weighted by Gasteiger charge is 2.23. The van der Waals surface area contributed by atoms with Crippen molar-refractivity contribution in [3.8, 4) is 0 Å². The number of furan rings is 1. The molecule has 2 aromatic rings. The second-order valence-corrected chi connectivity index (χ2v) is 8.68. The van der Waals surface area contributed by atoms with Crippen molar-refractivity contribution in [2.75, 3.05) is 54.9 Å². The summed E-state index contributed by atoms with van der Waals surface area (Å²) in [7, 11) is 0. The number of aryl methyl sites for hydroxylation is 1. The van der Waals surface area contributed by atoms with Gasteiger partial charge in [0.05, 0.1) is 6.26 Å². The average molecular weight is 445 g/mol. The third kappa shape index (κ3) is 6.27. The van der Waals surface area contributed by atoms with E-state index in [4.69, 9.17) is 4.42 Å². The lowest BCUT2D eigenvalue weighted by atomic mass is 10.1. The van der Waals surface area contributed by atoms with Gasteiger partial charge in [0.15, 0.2) is 5.76 Å². The molecule has 2 N–H and O–H groups in total. The molecule has 0 spiro atoms. The van der Waals surface area contributed by atoms with Crippen LogP contribution in [0.3, 0.4) is 0 Å². The van der Waals surface area contributed by atoms with E-state index in [0.29, 0.717) is 6.42 Å². The molecule has 1 saturated heterocycles. The van der Waals surface area contributed by atoms with Crippen molar-refractivity contribution in [3.63, 3.8) is 0 Å². The Morgan fingerprint density at radius 1 is 1.19 bits per heavy atom. The molecule has 3 rings (SSSR count). The topological polar surface area (TPSA) is 77.8 Å². The summed E-state index contributed by atoms with van der Waals surface area (Å²) in [6, 6.07) is 8.74. The van der Waals surface area contributed by atoms with Gasteiger partial charge in [-0.25, -0.2) is 0 Å². The number of benzene rings is 1. The van der Waals surface area contributed by atoms with Gasteiger partial charge in [-0.1, -0.05) is 6.92 Å². The number of likely N-dealkylation sites (N-methyl/N-ethyl adjacent to an activating group) is 1. The van der Waals surface area contributed by atoms with E-state index in [0.717, 1.165) is 49.7 Å². The van der Waals surface area contributed by atoms with Gasteiger partial charge < -0.3 is 24.9 Å². The van der Waals surface area contributed by atoms with Crippen LogP contribution in [0, 0.1) is 6.92 Å². The zero-order chi connectivity index (χ0) is 22.2. The fourth-order valence-corrected chi connectivity index (χ4v) is 4.14. The number of carbonyl (C=O) groups is 2. The first-order valence-corrected chi connectivity index (χ1v) is 12.1. The number of nitrogens with one attached hydrogen (secondary N) is 2. The Bertz CT molecular complexity index is 864. The molecule has 168 valence electrons. The number of amides is 2. The molecule has 2 heterocycles. The molecular formula is C23H32N4O3S. The van der Waals surface area contributed by atoms with Crippen LogP contribution in [-0.2, 0) is 4.79 Å². The van der Waals surface area contributed by atoms with E-state index in [1.54, 1.807) is 23.9 Å². The van der Waals surface area contributed by atoms with Crippen LogP contribution in [0.2, 0.25) is 0 Å². The third-order valence-corrected chi connectivity index (χ3v) is 6.27. The van der Waals surface area contributed by atoms with Crippen molar-refractivity contribution in [1.29, 1.82) is 0 Å². The zero-order valence-electron chi connectivity index (χ0n) is 18.5. The number of thioether (sulfide) groups is 1. The van der Waals surface area contributed by atoms with Gasteiger partial charge in [0.25, 0.3) is 5.91 Å². The number of rotatable bonds is 9. The van der Waals surface area contributed by atoms with Gasteiger partial charge in [0.2, 0.25) is 5.91 Å². The smallest absolute Gasteiger partial charge is 0.287 e. The Hall–Kier alpha value is -2.45. The standard InChI is InChI=1S/C23H32N4O3S/c1-4-26-10-12-27(13-11-26)18-7-8-19(17(2)16-18)24-22(28)20(9-15-31-3)25-23(29)21-6-5-14-30-21/h5-8,14,16,20H,4,9-13,15H2,1-3H3,(H,24,28)(H,25,29). The Balaban J connectivity index is 1.64. The predicted octanol–water partition coefficient (Wildman–Crippen LogP) is 3.22. The molecule has 1 aromatic heterocycles. The molecule has 7 nitrogen and oxygen atoms in total. The highest BCUT2D eigenvalue weighted by Crippen LogP contribution is 2.24. The molecule has 1 unspecified atom stereocenters. The van der Waals surface area contributed by atoms with Gasteiger partial charge in [-0.05, 0) is 67.8 Å². The second kappa shape index (κ2) is 11.2. The van der Waals surface area contributed by atoms with E-state index in [-0.39, 0.29) is 17.6 Å². The van der Waals surface area contributed by atoms with Crippen LogP contribution in [0.15, 0.2) is 41.0 Å². The minimum Gasteiger partial charge on any atom is -0.459 e. The van der Waals surface area contributed by atoms with Crippen LogP contribution < -0.4 is 15.5 Å². The molecular weight excluding hydrogens is 412 g/mol. The molecule has 8 heteroatoms. The summed E-state index contributed by atoms with van der Waals surface area (Å²) in [6.45, 7) is 9.44. The Kier molecular flexibility index (Phi) is 8.43. The molecule has 1 atom stereocenters. The number of hydrogen-bond donors (Lipinski definition) is 2. The lowest BCUT2D eigenvalue weighted by Crippen LogP contribution is -2.46. The first kappa shape index (κ1) is 23.2. The summed E-state index contributed by atoms with van der Waals surface area (Å²) >= 11 is 1.64. The van der Waals surface area contributed by atoms with E-state index in [9.17, 15) is 9.59 Å². The number of carbonyl (C=O) groups excluding carboxylic acids is 2. The van der Waals surface area contributed by atoms with Gasteiger partial charge >= 0.3 is 0 Å². The number of nitrogens with zero attached hydrogens (tertiary/aromatic N) is 2. The zero-order valence-corrected chi connectivity index (χ0v) is 19.3. The Morgan fingerprint density at radius 3 is 2.58 bits per heavy atom. The molecule has 2 amide bonds. The van der Waals surface area contributed by atoms with E-state index >= 15 is 0 Å². The lowest BCUT2D eigenvalue weighted by molar-refractivity contribution is -0.118. The predicted molar refractivity (Wildman–Crippen MR) is 127 cm³/mol. The van der Waals surface area contributed by atoms with Crippen LogP contribution in [0.1, 0.15) is 29.5 Å². The largest absolute Gasteiger partial charge is 0.459 e. The van der Waals surface area contributed by atoms with Crippen LogP contribution >= 0.6 is 11.8 Å². The van der Waals surface area contributed by atoms with Crippen LogP contribution in [0.5, 0.6) is 0 Å². The summed E-state index contributed by atoms with van der Waals surface area (Å²) in [4.78, 5) is 30.1. The Labute approximate surface area is 188 Å². The van der Waals surface area contributed by atoms with E-state index in [1.807, 2.05) is 19.2 Å². The van der Waals surface area contributed by atoms with Crippen molar-refractivity contribution in [2.45, 2.75) is 26.3 Å². The summed E-state index contributed by atoms with van der Waals surface area (Å²) in [6.07, 6.45) is 3.96. The van der Waals surface area contributed by atoms with Crippen molar-refractivity contribution >= 4 is 35.0 Å². The van der Waals surface area contributed by atoms with Gasteiger partial charge in [0, 0.05) is 37.6 Å². The average Bonchev–Trinajstić information content (AvgIpc) is 3.33. The van der Waals surface area contributed by atoms with Crippen molar-refractivity contribution in [3.05, 3.63) is 47.9 Å². The van der Waals surface area contributed by atoms with Crippen LogP contribution in [0.4, 0.5) is 11.4 Å². The van der Waals surface area contributed by atoms with Crippen LogP contribution in [0.25, 0.3) is 0 Å². The van der Waals surface area contributed by atoms with E-state index in [1.165, 1.54) is 12.0 Å². The summed E-state index contributed by atoms with van der Waals surface area (Å²) in [5.74, 6) is 0.356. The number of anilines is 2. The maximum atomic E-state index is 12.9. The minimum atomic E-state index is -0.633. The fourth-order valence-electron chi connectivity index (χ4n) is 3.67. The molecule has 0 radical (unpaired) electrons. The Morgan fingerprint density at radius 2 is 1.97 bits per heavy atom.